The summed E-state index contributed by atoms with van der Waals surface area (Å²) in [6, 6.07) is 5.07. The van der Waals surface area contributed by atoms with Crippen molar-refractivity contribution in [2.45, 2.75) is 44.6 Å². The van der Waals surface area contributed by atoms with Crippen molar-refractivity contribution in [3.8, 4) is 0 Å². The molecule has 16 heavy (non-hydrogen) atoms. The van der Waals surface area contributed by atoms with Crippen LogP contribution in [0.3, 0.4) is 0 Å². The molecule has 2 aliphatic rings. The highest BCUT2D eigenvalue weighted by atomic mass is 35.5. The van der Waals surface area contributed by atoms with Crippen molar-refractivity contribution in [3.05, 3.63) is 21.3 Å². The summed E-state index contributed by atoms with van der Waals surface area (Å²) in [5.74, 6) is 0. The number of thiophene rings is 1. The predicted octanol–water partition coefficient (Wildman–Crippen LogP) is 3.87. The molecule has 1 N–H and O–H groups in total. The highest BCUT2D eigenvalue weighted by molar-refractivity contribution is 7.16. The van der Waals surface area contributed by atoms with Gasteiger partial charge in [0.05, 0.1) is 4.34 Å². The first-order valence-electron chi connectivity index (χ1n) is 6.23. The molecule has 1 heterocycles. The van der Waals surface area contributed by atoms with E-state index in [1.165, 1.54) is 49.9 Å². The maximum Gasteiger partial charge on any atom is 0.0931 e. The first kappa shape index (κ1) is 11.1. The molecule has 1 aromatic rings. The zero-order chi connectivity index (χ0) is 11.0. The van der Waals surface area contributed by atoms with E-state index in [-0.39, 0.29) is 0 Å². The molecule has 0 aliphatic heterocycles. The van der Waals surface area contributed by atoms with E-state index in [9.17, 15) is 0 Å². The fraction of sp³-hybridized carbons (Fsp3) is 0.692. The summed E-state index contributed by atoms with van der Waals surface area (Å²) in [6.45, 7) is 1.22. The average Bonchev–Trinajstić information content (AvgIpc) is 2.95. The van der Waals surface area contributed by atoms with Gasteiger partial charge in [-0.15, -0.1) is 11.3 Å². The van der Waals surface area contributed by atoms with Crippen molar-refractivity contribution in [2.24, 2.45) is 5.41 Å². The predicted molar refractivity (Wildman–Crippen MR) is 70.3 cm³/mol. The molecular weight excluding hydrogens is 238 g/mol. The number of rotatable bonds is 5. The summed E-state index contributed by atoms with van der Waals surface area (Å²) < 4.78 is 0.930. The summed E-state index contributed by atoms with van der Waals surface area (Å²) in [6.07, 6.45) is 8.20. The summed E-state index contributed by atoms with van der Waals surface area (Å²) in [4.78, 5) is 1.46. The Hall–Kier alpha value is -0.0500. The van der Waals surface area contributed by atoms with E-state index in [0.717, 1.165) is 10.4 Å². The number of halogens is 1. The van der Waals surface area contributed by atoms with E-state index >= 15 is 0 Å². The number of nitrogens with one attached hydrogen (secondary N) is 1. The normalized spacial score (nSPS) is 23.1. The van der Waals surface area contributed by atoms with Crippen LogP contribution in [0.25, 0.3) is 0 Å². The van der Waals surface area contributed by atoms with Gasteiger partial charge in [0.2, 0.25) is 0 Å². The van der Waals surface area contributed by atoms with Crippen LogP contribution in [0, 0.1) is 5.41 Å². The van der Waals surface area contributed by atoms with Crippen LogP contribution in [-0.2, 0) is 6.42 Å². The third-order valence-electron chi connectivity index (χ3n) is 3.94. The quantitative estimate of drug-likeness (QED) is 0.842. The van der Waals surface area contributed by atoms with Gasteiger partial charge in [-0.3, -0.25) is 0 Å². The van der Waals surface area contributed by atoms with Crippen LogP contribution < -0.4 is 5.32 Å². The van der Waals surface area contributed by atoms with Gasteiger partial charge in [0, 0.05) is 17.5 Å². The van der Waals surface area contributed by atoms with Crippen LogP contribution in [0.2, 0.25) is 4.34 Å². The van der Waals surface area contributed by atoms with Crippen molar-refractivity contribution in [3.63, 3.8) is 0 Å². The van der Waals surface area contributed by atoms with E-state index in [1.54, 1.807) is 11.3 Å². The molecule has 2 aliphatic carbocycles. The zero-order valence-corrected chi connectivity index (χ0v) is 11.0. The average molecular weight is 256 g/mol. The highest BCUT2D eigenvalue weighted by Crippen LogP contribution is 2.45. The highest BCUT2D eigenvalue weighted by Gasteiger charge is 2.38. The Kier molecular flexibility index (Phi) is 2.99. The van der Waals surface area contributed by atoms with Crippen LogP contribution >= 0.6 is 22.9 Å². The number of hydrogen-bond donors (Lipinski definition) is 1. The Balaban J connectivity index is 1.60. The van der Waals surface area contributed by atoms with Gasteiger partial charge in [-0.1, -0.05) is 18.0 Å². The Labute approximate surface area is 106 Å². The molecule has 0 aromatic carbocycles. The molecule has 88 valence electrons. The fourth-order valence-electron chi connectivity index (χ4n) is 2.56. The lowest BCUT2D eigenvalue weighted by Gasteiger charge is -2.42. The molecule has 0 radical (unpaired) electrons. The van der Waals surface area contributed by atoms with Gasteiger partial charge in [-0.25, -0.2) is 0 Å². The smallest absolute Gasteiger partial charge is 0.0931 e. The molecule has 1 aromatic heterocycles. The molecular formula is C13H18ClNS. The fourth-order valence-corrected chi connectivity index (χ4v) is 3.82. The molecule has 0 unspecified atom stereocenters. The van der Waals surface area contributed by atoms with E-state index in [0.29, 0.717) is 5.41 Å². The van der Waals surface area contributed by atoms with Gasteiger partial charge in [0.1, 0.15) is 0 Å². The van der Waals surface area contributed by atoms with Gasteiger partial charge in [-0.2, -0.15) is 0 Å². The minimum Gasteiger partial charge on any atom is -0.313 e. The van der Waals surface area contributed by atoms with Crippen LogP contribution in [0.15, 0.2) is 12.1 Å². The molecule has 1 nitrogen and oxygen atoms in total. The van der Waals surface area contributed by atoms with Crippen LogP contribution in [-0.4, -0.2) is 12.6 Å². The van der Waals surface area contributed by atoms with E-state index < -0.39 is 0 Å². The third kappa shape index (κ3) is 2.44. The summed E-state index contributed by atoms with van der Waals surface area (Å²) >= 11 is 7.74. The van der Waals surface area contributed by atoms with Crippen molar-refractivity contribution >= 4 is 22.9 Å². The van der Waals surface area contributed by atoms with Crippen molar-refractivity contribution < 1.29 is 0 Å². The SMILES string of the molecule is Clc1ccc(CC2(CNC3CC3)CCC2)s1. The van der Waals surface area contributed by atoms with Gasteiger partial charge in [0.25, 0.3) is 0 Å². The minimum atomic E-state index is 0.552. The van der Waals surface area contributed by atoms with Gasteiger partial charge >= 0.3 is 0 Å². The maximum atomic E-state index is 5.99. The second-order valence-corrected chi connectivity index (χ2v) is 7.19. The first-order valence-corrected chi connectivity index (χ1v) is 7.43. The minimum absolute atomic E-state index is 0.552. The molecule has 0 amide bonds. The van der Waals surface area contributed by atoms with Crippen molar-refractivity contribution in [1.82, 2.24) is 5.32 Å². The molecule has 0 bridgehead atoms. The Bertz CT molecular complexity index is 366. The van der Waals surface area contributed by atoms with Crippen molar-refractivity contribution in [1.29, 1.82) is 0 Å². The molecule has 3 heteroatoms. The summed E-state index contributed by atoms with van der Waals surface area (Å²) in [5.41, 5.74) is 0.552. The first-order chi connectivity index (χ1) is 7.76. The third-order valence-corrected chi connectivity index (χ3v) is 5.17. The van der Waals surface area contributed by atoms with Crippen molar-refractivity contribution in [2.75, 3.05) is 6.54 Å². The molecule has 2 fully saturated rings. The molecule has 0 atom stereocenters. The Morgan fingerprint density at radius 1 is 1.38 bits per heavy atom. The lowest BCUT2D eigenvalue weighted by Crippen LogP contribution is -2.42. The van der Waals surface area contributed by atoms with E-state index in [4.69, 9.17) is 11.6 Å². The lowest BCUT2D eigenvalue weighted by molar-refractivity contribution is 0.131. The van der Waals surface area contributed by atoms with Crippen LogP contribution in [0.4, 0.5) is 0 Å². The van der Waals surface area contributed by atoms with E-state index in [2.05, 4.69) is 11.4 Å². The maximum absolute atomic E-state index is 5.99. The largest absolute Gasteiger partial charge is 0.313 e. The standard InChI is InChI=1S/C13H18ClNS/c14-12-5-4-11(16-12)8-13(6-1-7-13)9-15-10-2-3-10/h4-5,10,15H,1-3,6-9H2. The second-order valence-electron chi connectivity index (χ2n) is 5.39. The lowest BCUT2D eigenvalue weighted by atomic mass is 9.66. The topological polar surface area (TPSA) is 12.0 Å². The Morgan fingerprint density at radius 2 is 2.19 bits per heavy atom. The molecule has 2 saturated carbocycles. The second kappa shape index (κ2) is 4.32. The molecule has 3 rings (SSSR count). The van der Waals surface area contributed by atoms with Crippen LogP contribution in [0.1, 0.15) is 37.0 Å². The molecule has 0 saturated heterocycles. The van der Waals surface area contributed by atoms with Gasteiger partial charge in [-0.05, 0) is 49.7 Å². The Morgan fingerprint density at radius 3 is 2.69 bits per heavy atom. The van der Waals surface area contributed by atoms with E-state index in [1.807, 2.05) is 6.07 Å². The van der Waals surface area contributed by atoms with Gasteiger partial charge < -0.3 is 5.32 Å². The summed E-state index contributed by atoms with van der Waals surface area (Å²) in [7, 11) is 0. The zero-order valence-electron chi connectivity index (χ0n) is 9.47. The number of hydrogen-bond acceptors (Lipinski definition) is 2. The summed E-state index contributed by atoms with van der Waals surface area (Å²) in [5, 5.41) is 3.70. The van der Waals surface area contributed by atoms with Crippen LogP contribution in [0.5, 0.6) is 0 Å². The van der Waals surface area contributed by atoms with Gasteiger partial charge in [0.15, 0.2) is 0 Å². The monoisotopic (exact) mass is 255 g/mol. The molecule has 0 spiro atoms.